The number of thiophene rings is 1. The summed E-state index contributed by atoms with van der Waals surface area (Å²) in [7, 11) is 0. The Balaban J connectivity index is 1.04. The third-order valence-electron chi connectivity index (χ3n) is 12.9. The van der Waals surface area contributed by atoms with Crippen molar-refractivity contribution in [3.63, 3.8) is 0 Å². The number of rotatable bonds is 7. The number of para-hydroxylation sites is 1. The molecule has 0 saturated heterocycles. The van der Waals surface area contributed by atoms with E-state index in [9.17, 15) is 0 Å². The summed E-state index contributed by atoms with van der Waals surface area (Å²) in [5.74, 6) is 1.84. The number of benzene rings is 10. The maximum atomic E-state index is 5.35. The minimum Gasteiger partial charge on any atom is -0.309 e. The van der Waals surface area contributed by atoms with Crippen molar-refractivity contribution in [2.75, 3.05) is 0 Å². The van der Waals surface area contributed by atoms with E-state index in [0.717, 1.165) is 66.8 Å². The molecule has 3 heterocycles. The zero-order valence-corrected chi connectivity index (χ0v) is 36.5. The van der Waals surface area contributed by atoms with Crippen LogP contribution in [0.1, 0.15) is 0 Å². The van der Waals surface area contributed by atoms with Crippen LogP contribution in [0.2, 0.25) is 0 Å². The molecule has 0 radical (unpaired) electrons. The molecule has 5 heteroatoms. The lowest BCUT2D eigenvalue weighted by atomic mass is 9.96. The summed E-state index contributed by atoms with van der Waals surface area (Å²) in [6.45, 7) is 0. The predicted molar refractivity (Wildman–Crippen MR) is 277 cm³/mol. The first kappa shape index (κ1) is 38.0. The van der Waals surface area contributed by atoms with Crippen LogP contribution in [0, 0.1) is 0 Å². The van der Waals surface area contributed by atoms with Crippen LogP contribution in [0.4, 0.5) is 0 Å². The van der Waals surface area contributed by atoms with E-state index in [1.165, 1.54) is 41.7 Å². The van der Waals surface area contributed by atoms with E-state index in [2.05, 4.69) is 223 Å². The Hall–Kier alpha value is -8.51. The van der Waals surface area contributed by atoms with Crippen LogP contribution in [0.25, 0.3) is 126 Å². The maximum Gasteiger partial charge on any atom is 0.164 e. The van der Waals surface area contributed by atoms with Gasteiger partial charge in [0, 0.05) is 53.3 Å². The van der Waals surface area contributed by atoms with E-state index in [1.54, 1.807) is 0 Å². The second kappa shape index (κ2) is 15.6. The molecule has 3 aromatic heterocycles. The average molecular weight is 859 g/mol. The molecule has 0 N–H and O–H groups in total. The Bertz CT molecular complexity index is 3860. The van der Waals surface area contributed by atoms with E-state index >= 15 is 0 Å². The largest absolute Gasteiger partial charge is 0.309 e. The minimum absolute atomic E-state index is 0.610. The molecule has 0 atom stereocenters. The van der Waals surface area contributed by atoms with Crippen molar-refractivity contribution in [2.24, 2.45) is 0 Å². The van der Waals surface area contributed by atoms with Crippen LogP contribution in [0.15, 0.2) is 231 Å². The summed E-state index contributed by atoms with van der Waals surface area (Å²) in [5.41, 5.74) is 12.9. The van der Waals surface area contributed by atoms with Gasteiger partial charge in [-0.1, -0.05) is 176 Å². The van der Waals surface area contributed by atoms with Gasteiger partial charge in [-0.3, -0.25) is 0 Å². The lowest BCUT2D eigenvalue weighted by molar-refractivity contribution is 1.07. The second-order valence-corrected chi connectivity index (χ2v) is 17.9. The molecule has 10 aromatic carbocycles. The van der Waals surface area contributed by atoms with Gasteiger partial charge in [0.1, 0.15) is 0 Å². The van der Waals surface area contributed by atoms with Crippen molar-refractivity contribution in [1.82, 2.24) is 19.5 Å². The smallest absolute Gasteiger partial charge is 0.164 e. The van der Waals surface area contributed by atoms with E-state index in [-0.39, 0.29) is 0 Å². The maximum absolute atomic E-state index is 5.35. The Morgan fingerprint density at radius 2 is 0.803 bits per heavy atom. The SMILES string of the molecule is c1ccc(-c2ccc(-c3nc(-c4ccc(-c5ccccc5)cc4)nc(-c4ccc(-n5c6ccccc6c6cc7ccccc7cc65)cc4-c4ccc5sc6ccccc6c5c4)n3)cc2)cc1. The highest BCUT2D eigenvalue weighted by molar-refractivity contribution is 7.25. The summed E-state index contributed by atoms with van der Waals surface area (Å²) in [6, 6.07) is 82.4. The first-order chi connectivity index (χ1) is 32.7. The van der Waals surface area contributed by atoms with Crippen molar-refractivity contribution in [3.05, 3.63) is 231 Å². The van der Waals surface area contributed by atoms with Crippen molar-refractivity contribution < 1.29 is 0 Å². The fourth-order valence-corrected chi connectivity index (χ4v) is 10.7. The lowest BCUT2D eigenvalue weighted by Gasteiger charge is -2.16. The van der Waals surface area contributed by atoms with Gasteiger partial charge in [0.05, 0.1) is 11.0 Å². The Morgan fingerprint density at radius 3 is 1.48 bits per heavy atom. The Kier molecular flexibility index (Phi) is 9.00. The number of hydrogen-bond donors (Lipinski definition) is 0. The van der Waals surface area contributed by atoms with Gasteiger partial charge >= 0.3 is 0 Å². The summed E-state index contributed by atoms with van der Waals surface area (Å²) >= 11 is 1.83. The van der Waals surface area contributed by atoms with E-state index in [1.807, 2.05) is 23.5 Å². The third kappa shape index (κ3) is 6.56. The molecule has 0 spiro atoms. The number of hydrogen-bond acceptors (Lipinski definition) is 4. The lowest BCUT2D eigenvalue weighted by Crippen LogP contribution is -2.02. The minimum atomic E-state index is 0.610. The van der Waals surface area contributed by atoms with Crippen molar-refractivity contribution in [2.45, 2.75) is 0 Å². The molecule has 0 fully saturated rings. The average Bonchev–Trinajstić information content (AvgIpc) is 3.93. The molecule has 0 aliphatic heterocycles. The monoisotopic (exact) mass is 858 g/mol. The number of fused-ring (bicyclic) bond motifs is 7. The number of nitrogens with zero attached hydrogens (tertiary/aromatic N) is 4. The van der Waals surface area contributed by atoms with Crippen molar-refractivity contribution >= 4 is 64.1 Å². The normalized spacial score (nSPS) is 11.6. The second-order valence-electron chi connectivity index (χ2n) is 16.8. The zero-order valence-electron chi connectivity index (χ0n) is 35.6. The fraction of sp³-hybridized carbons (Fsp3) is 0. The van der Waals surface area contributed by atoms with Crippen molar-refractivity contribution in [3.8, 4) is 73.2 Å². The van der Waals surface area contributed by atoms with Gasteiger partial charge in [-0.25, -0.2) is 15.0 Å². The van der Waals surface area contributed by atoms with Gasteiger partial charge in [-0.15, -0.1) is 11.3 Å². The molecule has 0 bridgehead atoms. The van der Waals surface area contributed by atoms with Crippen LogP contribution >= 0.6 is 11.3 Å². The van der Waals surface area contributed by atoms with Crippen LogP contribution in [0.5, 0.6) is 0 Å². The van der Waals surface area contributed by atoms with Gasteiger partial charge < -0.3 is 4.57 Å². The highest BCUT2D eigenvalue weighted by Crippen LogP contribution is 2.42. The zero-order chi connectivity index (χ0) is 43.6. The first-order valence-electron chi connectivity index (χ1n) is 22.2. The van der Waals surface area contributed by atoms with Gasteiger partial charge in [0.25, 0.3) is 0 Å². The van der Waals surface area contributed by atoms with Crippen LogP contribution in [-0.4, -0.2) is 19.5 Å². The third-order valence-corrected chi connectivity index (χ3v) is 14.0. The van der Waals surface area contributed by atoms with Gasteiger partial charge in [-0.05, 0) is 98.8 Å². The molecule has 0 aliphatic carbocycles. The highest BCUT2D eigenvalue weighted by Gasteiger charge is 2.20. The van der Waals surface area contributed by atoms with Gasteiger partial charge in [0.2, 0.25) is 0 Å². The van der Waals surface area contributed by atoms with Crippen molar-refractivity contribution in [1.29, 1.82) is 0 Å². The molecule has 0 saturated carbocycles. The Morgan fingerprint density at radius 1 is 0.288 bits per heavy atom. The Labute approximate surface area is 385 Å². The summed E-state index contributed by atoms with van der Waals surface area (Å²) in [5, 5.41) is 7.38. The summed E-state index contributed by atoms with van der Waals surface area (Å²) in [6.07, 6.45) is 0. The van der Waals surface area contributed by atoms with E-state index < -0.39 is 0 Å². The highest BCUT2D eigenvalue weighted by atomic mass is 32.1. The molecule has 13 rings (SSSR count). The quantitative estimate of drug-likeness (QED) is 0.160. The summed E-state index contributed by atoms with van der Waals surface area (Å²) in [4.78, 5) is 15.9. The molecule has 0 amide bonds. The summed E-state index contributed by atoms with van der Waals surface area (Å²) < 4.78 is 4.95. The molecule has 0 aliphatic rings. The molecule has 66 heavy (non-hydrogen) atoms. The molecule has 308 valence electrons. The molecular weight excluding hydrogens is 821 g/mol. The van der Waals surface area contributed by atoms with Gasteiger partial charge in [0.15, 0.2) is 17.5 Å². The van der Waals surface area contributed by atoms with Crippen LogP contribution in [-0.2, 0) is 0 Å². The molecule has 0 unspecified atom stereocenters. The number of aromatic nitrogens is 4. The molecule has 13 aromatic rings. The standard InChI is InChI=1S/C61H38N4S/c1-3-13-39(14-4-1)41-23-27-43(28-24-41)59-62-60(44-29-25-42(26-30-44)40-15-5-2-6-16-40)64-61(63-59)51-33-32-48(38-52(51)47-31-34-58-54(36-47)50-20-10-12-22-57(50)66-58)65-55-21-11-9-19-49(55)53-35-45-17-7-8-18-46(45)37-56(53)65/h1-38H. The predicted octanol–water partition coefficient (Wildman–Crippen LogP) is 16.5. The molecular formula is C61H38N4S. The van der Waals surface area contributed by atoms with Crippen LogP contribution < -0.4 is 0 Å². The fourth-order valence-electron chi connectivity index (χ4n) is 9.57. The van der Waals surface area contributed by atoms with E-state index in [4.69, 9.17) is 15.0 Å². The van der Waals surface area contributed by atoms with Crippen LogP contribution in [0.3, 0.4) is 0 Å². The molecule has 4 nitrogen and oxygen atoms in total. The first-order valence-corrected chi connectivity index (χ1v) is 23.1. The van der Waals surface area contributed by atoms with E-state index in [0.29, 0.717) is 17.5 Å². The van der Waals surface area contributed by atoms with Gasteiger partial charge in [-0.2, -0.15) is 0 Å². The topological polar surface area (TPSA) is 43.6 Å².